The minimum absolute atomic E-state index is 0.0499. The van der Waals surface area contributed by atoms with Crippen LogP contribution in [0.5, 0.6) is 0 Å². The number of rotatable bonds is 6. The maximum Gasteiger partial charge on any atom is 0.153 e. The summed E-state index contributed by atoms with van der Waals surface area (Å²) in [5.74, 6) is -0.0499. The molecule has 19 heavy (non-hydrogen) atoms. The topological polar surface area (TPSA) is 64.8 Å². The average Bonchev–Trinajstić information content (AvgIpc) is 2.76. The molecule has 0 unspecified atom stereocenters. The van der Waals surface area contributed by atoms with Crippen LogP contribution in [0, 0.1) is 0 Å². The lowest BCUT2D eigenvalue weighted by Gasteiger charge is -2.01. The Labute approximate surface area is 113 Å². The Balaban J connectivity index is 1.84. The van der Waals surface area contributed by atoms with Gasteiger partial charge < -0.3 is 0 Å². The largest absolute Gasteiger partial charge is 0.252 e. The van der Waals surface area contributed by atoms with Crippen LogP contribution in [-0.2, 0) is 28.6 Å². The van der Waals surface area contributed by atoms with Crippen molar-refractivity contribution in [3.05, 3.63) is 47.8 Å². The van der Waals surface area contributed by atoms with E-state index in [0.29, 0.717) is 5.69 Å². The van der Waals surface area contributed by atoms with Gasteiger partial charge in [-0.15, -0.1) is 5.10 Å². The summed E-state index contributed by atoms with van der Waals surface area (Å²) >= 11 is 0. The molecule has 0 saturated carbocycles. The Hall–Kier alpha value is -1.69. The predicted octanol–water partition coefficient (Wildman–Crippen LogP) is 1.46. The summed E-state index contributed by atoms with van der Waals surface area (Å²) < 4.78 is 24.0. The van der Waals surface area contributed by atoms with Gasteiger partial charge in [-0.25, -0.2) is 8.42 Å². The van der Waals surface area contributed by atoms with E-state index in [1.807, 2.05) is 18.2 Å². The van der Waals surface area contributed by atoms with Crippen molar-refractivity contribution < 1.29 is 8.42 Å². The Morgan fingerprint density at radius 1 is 1.21 bits per heavy atom. The molecule has 1 aromatic heterocycles. The molecule has 0 fully saturated rings. The second kappa shape index (κ2) is 5.97. The van der Waals surface area contributed by atoms with Crippen LogP contribution in [0.1, 0.15) is 17.7 Å². The number of hydrogen-bond donors (Lipinski definition) is 0. The second-order valence-electron chi connectivity index (χ2n) is 4.63. The number of nitrogens with zero attached hydrogens (tertiary/aromatic N) is 3. The molecular weight excluding hydrogens is 262 g/mol. The number of benzene rings is 1. The van der Waals surface area contributed by atoms with Gasteiger partial charge >= 0.3 is 0 Å². The van der Waals surface area contributed by atoms with E-state index in [1.165, 1.54) is 11.8 Å². The molecule has 2 rings (SSSR count). The van der Waals surface area contributed by atoms with E-state index in [-0.39, 0.29) is 5.75 Å². The summed E-state index contributed by atoms with van der Waals surface area (Å²) in [6.45, 7) is 0.742. The van der Waals surface area contributed by atoms with Crippen molar-refractivity contribution in [2.24, 2.45) is 0 Å². The molecule has 0 amide bonds. The number of hydrogen-bond acceptors (Lipinski definition) is 4. The fourth-order valence-corrected chi connectivity index (χ4v) is 2.54. The lowest BCUT2D eigenvalue weighted by atomic mass is 10.1. The van der Waals surface area contributed by atoms with Crippen LogP contribution in [0.3, 0.4) is 0 Å². The third-order valence-corrected chi connectivity index (χ3v) is 3.51. The number of sulfone groups is 1. The summed E-state index contributed by atoms with van der Waals surface area (Å²) in [6, 6.07) is 10.2. The van der Waals surface area contributed by atoms with E-state index >= 15 is 0 Å². The van der Waals surface area contributed by atoms with Crippen LogP contribution in [0.25, 0.3) is 0 Å². The van der Waals surface area contributed by atoms with Crippen LogP contribution in [0.4, 0.5) is 0 Å². The third kappa shape index (κ3) is 4.82. The van der Waals surface area contributed by atoms with Crippen molar-refractivity contribution in [3.8, 4) is 0 Å². The molecule has 1 heterocycles. The Morgan fingerprint density at radius 3 is 2.63 bits per heavy atom. The molecule has 0 aliphatic rings. The first-order valence-electron chi connectivity index (χ1n) is 6.13. The fraction of sp³-hybridized carbons (Fsp3) is 0.385. The van der Waals surface area contributed by atoms with Gasteiger partial charge in [-0.2, -0.15) is 0 Å². The Morgan fingerprint density at radius 2 is 1.95 bits per heavy atom. The van der Waals surface area contributed by atoms with Gasteiger partial charge in [-0.1, -0.05) is 35.5 Å². The van der Waals surface area contributed by atoms with E-state index < -0.39 is 9.84 Å². The zero-order chi connectivity index (χ0) is 13.7. The Bertz CT molecular complexity index is 620. The predicted molar refractivity (Wildman–Crippen MR) is 73.3 cm³/mol. The standard InChI is InChI=1S/C13H17N3O2S/c1-19(17,18)11-13-10-16(15-14-13)9-5-8-12-6-3-2-4-7-12/h2-4,6-7,10H,5,8-9,11H2,1H3. The molecule has 0 spiro atoms. The quantitative estimate of drug-likeness (QED) is 0.803. The molecule has 0 saturated heterocycles. The summed E-state index contributed by atoms with van der Waals surface area (Å²) in [5.41, 5.74) is 1.79. The minimum atomic E-state index is -3.04. The molecule has 6 heteroatoms. The molecule has 0 bridgehead atoms. The summed E-state index contributed by atoms with van der Waals surface area (Å²) in [7, 11) is -3.04. The van der Waals surface area contributed by atoms with E-state index in [0.717, 1.165) is 19.4 Å². The highest BCUT2D eigenvalue weighted by molar-refractivity contribution is 7.89. The van der Waals surface area contributed by atoms with Gasteiger partial charge in [0.25, 0.3) is 0 Å². The highest BCUT2D eigenvalue weighted by atomic mass is 32.2. The van der Waals surface area contributed by atoms with Crippen molar-refractivity contribution in [1.82, 2.24) is 15.0 Å². The van der Waals surface area contributed by atoms with E-state index in [9.17, 15) is 8.42 Å². The molecule has 5 nitrogen and oxygen atoms in total. The van der Waals surface area contributed by atoms with Crippen LogP contribution in [-0.4, -0.2) is 29.7 Å². The van der Waals surface area contributed by atoms with Gasteiger partial charge in [0.1, 0.15) is 0 Å². The van der Waals surface area contributed by atoms with Gasteiger partial charge in [0.15, 0.2) is 9.84 Å². The number of aromatic nitrogens is 3. The molecular formula is C13H17N3O2S. The molecule has 2 aromatic rings. The van der Waals surface area contributed by atoms with Crippen LogP contribution < -0.4 is 0 Å². The molecule has 0 aliphatic heterocycles. The van der Waals surface area contributed by atoms with Crippen molar-refractivity contribution in [2.45, 2.75) is 25.1 Å². The third-order valence-electron chi connectivity index (χ3n) is 2.69. The first-order chi connectivity index (χ1) is 9.03. The molecule has 102 valence electrons. The summed E-state index contributed by atoms with van der Waals surface area (Å²) in [4.78, 5) is 0. The monoisotopic (exact) mass is 279 g/mol. The highest BCUT2D eigenvalue weighted by Gasteiger charge is 2.08. The van der Waals surface area contributed by atoms with Crippen LogP contribution >= 0.6 is 0 Å². The normalized spacial score (nSPS) is 11.6. The summed E-state index contributed by atoms with van der Waals surface area (Å²) in [6.07, 6.45) is 4.82. The van der Waals surface area contributed by atoms with E-state index in [1.54, 1.807) is 10.9 Å². The molecule has 1 aromatic carbocycles. The van der Waals surface area contributed by atoms with Gasteiger partial charge in [0.2, 0.25) is 0 Å². The van der Waals surface area contributed by atoms with Crippen LogP contribution in [0.2, 0.25) is 0 Å². The van der Waals surface area contributed by atoms with Crippen molar-refractivity contribution in [3.63, 3.8) is 0 Å². The average molecular weight is 279 g/mol. The molecule has 0 N–H and O–H groups in total. The first kappa shape index (κ1) is 13.7. The SMILES string of the molecule is CS(=O)(=O)Cc1cn(CCCc2ccccc2)nn1. The molecule has 0 radical (unpaired) electrons. The lowest BCUT2D eigenvalue weighted by molar-refractivity contribution is 0.558. The molecule has 0 atom stereocenters. The fourth-order valence-electron chi connectivity index (χ4n) is 1.87. The minimum Gasteiger partial charge on any atom is -0.252 e. The Kier molecular flexibility index (Phi) is 4.31. The zero-order valence-electron chi connectivity index (χ0n) is 10.9. The summed E-state index contributed by atoms with van der Waals surface area (Å²) in [5, 5.41) is 7.79. The maximum atomic E-state index is 11.1. The number of aryl methyl sites for hydroxylation is 2. The van der Waals surface area contributed by atoms with Crippen molar-refractivity contribution in [2.75, 3.05) is 6.26 Å². The van der Waals surface area contributed by atoms with Gasteiger partial charge in [-0.3, -0.25) is 4.68 Å². The van der Waals surface area contributed by atoms with Gasteiger partial charge in [0, 0.05) is 19.0 Å². The van der Waals surface area contributed by atoms with Crippen LogP contribution in [0.15, 0.2) is 36.5 Å². The van der Waals surface area contributed by atoms with Crippen molar-refractivity contribution in [1.29, 1.82) is 0 Å². The smallest absolute Gasteiger partial charge is 0.153 e. The van der Waals surface area contributed by atoms with Gasteiger partial charge in [-0.05, 0) is 18.4 Å². The van der Waals surface area contributed by atoms with E-state index in [4.69, 9.17) is 0 Å². The van der Waals surface area contributed by atoms with Crippen molar-refractivity contribution >= 4 is 9.84 Å². The maximum absolute atomic E-state index is 11.1. The lowest BCUT2D eigenvalue weighted by Crippen LogP contribution is -2.01. The zero-order valence-corrected chi connectivity index (χ0v) is 11.7. The second-order valence-corrected chi connectivity index (χ2v) is 6.77. The van der Waals surface area contributed by atoms with E-state index in [2.05, 4.69) is 22.4 Å². The molecule has 0 aliphatic carbocycles. The first-order valence-corrected chi connectivity index (χ1v) is 8.20. The highest BCUT2D eigenvalue weighted by Crippen LogP contribution is 2.05. The van der Waals surface area contributed by atoms with Gasteiger partial charge in [0.05, 0.1) is 11.4 Å².